The lowest BCUT2D eigenvalue weighted by Gasteiger charge is -2.12. The molecule has 0 unspecified atom stereocenters. The highest BCUT2D eigenvalue weighted by molar-refractivity contribution is 14.0. The number of guanidine groups is 1. The second-order valence-corrected chi connectivity index (χ2v) is 5.13. The highest BCUT2D eigenvalue weighted by atomic mass is 127. The van der Waals surface area contributed by atoms with E-state index in [1.54, 1.807) is 7.05 Å². The van der Waals surface area contributed by atoms with Crippen LogP contribution in [0, 0.1) is 0 Å². The van der Waals surface area contributed by atoms with E-state index in [0.717, 1.165) is 31.0 Å². The number of nitrogens with zero attached hydrogens (tertiary/aromatic N) is 3. The van der Waals surface area contributed by atoms with Crippen molar-refractivity contribution >= 4 is 29.9 Å². The molecule has 0 fully saturated rings. The molecule has 0 spiro atoms. The molecule has 0 aromatic carbocycles. The van der Waals surface area contributed by atoms with Gasteiger partial charge in [-0.3, -0.25) is 4.99 Å². The van der Waals surface area contributed by atoms with E-state index in [-0.39, 0.29) is 24.0 Å². The lowest BCUT2D eigenvalue weighted by Crippen LogP contribution is -2.38. The molecule has 0 bridgehead atoms. The molecule has 0 atom stereocenters. The average molecular weight is 443 g/mol. The molecule has 7 heteroatoms. The topological polar surface area (TPSA) is 63.5 Å². The van der Waals surface area contributed by atoms with Crippen LogP contribution in [0.1, 0.15) is 18.9 Å². The Morgan fingerprint density at radius 1 is 1.25 bits per heavy atom. The van der Waals surface area contributed by atoms with Crippen LogP contribution in [0.15, 0.2) is 47.8 Å². The molecule has 0 aliphatic heterocycles. The van der Waals surface area contributed by atoms with Gasteiger partial charge in [-0.05, 0) is 24.1 Å². The highest BCUT2D eigenvalue weighted by Crippen LogP contribution is 2.07. The average Bonchev–Trinajstić information content (AvgIpc) is 3.10. The Kier molecular flexibility index (Phi) is 9.90. The van der Waals surface area contributed by atoms with E-state index in [0.29, 0.717) is 19.0 Å². The SMILES string of the molecule is CCCOc1ccc(CNC(=NC)NCCn2cccc2)cn1.I. The number of pyridine rings is 1. The lowest BCUT2D eigenvalue weighted by molar-refractivity contribution is 0.305. The minimum Gasteiger partial charge on any atom is -0.478 e. The maximum Gasteiger partial charge on any atom is 0.213 e. The van der Waals surface area contributed by atoms with Gasteiger partial charge in [-0.2, -0.15) is 0 Å². The minimum atomic E-state index is 0. The van der Waals surface area contributed by atoms with Gasteiger partial charge in [0.1, 0.15) is 0 Å². The zero-order valence-corrected chi connectivity index (χ0v) is 16.6. The van der Waals surface area contributed by atoms with Gasteiger partial charge in [-0.1, -0.05) is 13.0 Å². The van der Waals surface area contributed by atoms with Crippen LogP contribution in [0.2, 0.25) is 0 Å². The fraction of sp³-hybridized carbons (Fsp3) is 0.412. The number of rotatable bonds is 8. The van der Waals surface area contributed by atoms with Crippen LogP contribution < -0.4 is 15.4 Å². The number of hydrogen-bond acceptors (Lipinski definition) is 3. The first kappa shape index (κ1) is 20.3. The molecule has 6 nitrogen and oxygen atoms in total. The number of hydrogen-bond donors (Lipinski definition) is 2. The second kappa shape index (κ2) is 11.7. The van der Waals surface area contributed by atoms with Crippen LogP contribution in [0.4, 0.5) is 0 Å². The lowest BCUT2D eigenvalue weighted by atomic mass is 10.3. The summed E-state index contributed by atoms with van der Waals surface area (Å²) >= 11 is 0. The van der Waals surface area contributed by atoms with Crippen LogP contribution in [0.25, 0.3) is 0 Å². The number of aromatic nitrogens is 2. The molecule has 0 saturated heterocycles. The molecule has 2 aromatic rings. The summed E-state index contributed by atoms with van der Waals surface area (Å²) in [5, 5.41) is 6.57. The van der Waals surface area contributed by atoms with Gasteiger partial charge >= 0.3 is 0 Å². The maximum atomic E-state index is 5.48. The summed E-state index contributed by atoms with van der Waals surface area (Å²) in [6, 6.07) is 7.95. The van der Waals surface area contributed by atoms with E-state index in [1.807, 2.05) is 42.9 Å². The van der Waals surface area contributed by atoms with E-state index in [1.165, 1.54) is 0 Å². The Bertz CT molecular complexity index is 584. The first-order valence-electron chi connectivity index (χ1n) is 7.95. The van der Waals surface area contributed by atoms with Crippen molar-refractivity contribution in [3.63, 3.8) is 0 Å². The summed E-state index contributed by atoms with van der Waals surface area (Å²) in [4.78, 5) is 8.51. The van der Waals surface area contributed by atoms with Crippen LogP contribution in [-0.2, 0) is 13.1 Å². The molecule has 24 heavy (non-hydrogen) atoms. The second-order valence-electron chi connectivity index (χ2n) is 5.13. The van der Waals surface area contributed by atoms with Crippen molar-refractivity contribution < 1.29 is 4.74 Å². The monoisotopic (exact) mass is 443 g/mol. The summed E-state index contributed by atoms with van der Waals surface area (Å²) in [5.41, 5.74) is 1.09. The first-order chi connectivity index (χ1) is 11.3. The van der Waals surface area contributed by atoms with E-state index < -0.39 is 0 Å². The van der Waals surface area contributed by atoms with E-state index in [9.17, 15) is 0 Å². The molecule has 2 rings (SSSR count). The van der Waals surface area contributed by atoms with E-state index >= 15 is 0 Å². The molecule has 0 amide bonds. The normalized spacial score (nSPS) is 10.8. The molecular formula is C17H26IN5O. The van der Waals surface area contributed by atoms with Crippen LogP contribution in [0.3, 0.4) is 0 Å². The molecule has 2 heterocycles. The standard InChI is InChI=1S/C17H25N5O.HI/c1-3-12-23-16-7-6-15(13-20-16)14-21-17(18-2)19-8-11-22-9-4-5-10-22;/h4-7,9-10,13H,3,8,11-12,14H2,1-2H3,(H2,18,19,21);1H. The van der Waals surface area contributed by atoms with Gasteiger partial charge in [0.2, 0.25) is 5.88 Å². The van der Waals surface area contributed by atoms with Crippen molar-refractivity contribution in [2.24, 2.45) is 4.99 Å². The molecule has 0 radical (unpaired) electrons. The zero-order chi connectivity index (χ0) is 16.3. The zero-order valence-electron chi connectivity index (χ0n) is 14.2. The van der Waals surface area contributed by atoms with Crippen molar-refractivity contribution in [3.8, 4) is 5.88 Å². The highest BCUT2D eigenvalue weighted by Gasteiger charge is 2.00. The van der Waals surface area contributed by atoms with Gasteiger partial charge in [-0.15, -0.1) is 24.0 Å². The molecule has 2 N–H and O–H groups in total. The smallest absolute Gasteiger partial charge is 0.213 e. The number of ether oxygens (including phenoxy) is 1. The summed E-state index contributed by atoms with van der Waals surface area (Å²) < 4.78 is 7.60. The van der Waals surface area contributed by atoms with Crippen LogP contribution in [-0.4, -0.2) is 35.7 Å². The maximum absolute atomic E-state index is 5.48. The van der Waals surface area contributed by atoms with Gasteiger partial charge in [0.25, 0.3) is 0 Å². The largest absolute Gasteiger partial charge is 0.478 e. The van der Waals surface area contributed by atoms with Gasteiger partial charge in [-0.25, -0.2) is 4.98 Å². The summed E-state index contributed by atoms with van der Waals surface area (Å²) in [6.07, 6.45) is 6.90. The van der Waals surface area contributed by atoms with E-state index in [2.05, 4.69) is 32.1 Å². The third kappa shape index (κ3) is 7.20. The van der Waals surface area contributed by atoms with Crippen molar-refractivity contribution in [3.05, 3.63) is 48.4 Å². The van der Waals surface area contributed by atoms with Gasteiger partial charge in [0.05, 0.1) is 6.61 Å². The molecular weight excluding hydrogens is 417 g/mol. The van der Waals surface area contributed by atoms with Crippen molar-refractivity contribution in [1.29, 1.82) is 0 Å². The van der Waals surface area contributed by atoms with Gasteiger partial charge in [0.15, 0.2) is 5.96 Å². The van der Waals surface area contributed by atoms with Crippen molar-refractivity contribution in [1.82, 2.24) is 20.2 Å². The third-order valence-electron chi connectivity index (χ3n) is 3.26. The number of aliphatic imine (C=N–C) groups is 1. The Morgan fingerprint density at radius 3 is 2.67 bits per heavy atom. The van der Waals surface area contributed by atoms with Crippen molar-refractivity contribution in [2.75, 3.05) is 20.2 Å². The fourth-order valence-corrected chi connectivity index (χ4v) is 2.04. The molecule has 2 aromatic heterocycles. The summed E-state index contributed by atoms with van der Waals surface area (Å²) in [7, 11) is 1.77. The Labute approximate surface area is 160 Å². The van der Waals surface area contributed by atoms with Gasteiger partial charge in [0, 0.05) is 51.3 Å². The molecule has 0 aliphatic carbocycles. The van der Waals surface area contributed by atoms with Crippen LogP contribution >= 0.6 is 24.0 Å². The predicted octanol–water partition coefficient (Wildman–Crippen LogP) is 2.66. The third-order valence-corrected chi connectivity index (χ3v) is 3.26. The molecule has 0 aliphatic rings. The predicted molar refractivity (Wildman–Crippen MR) is 108 cm³/mol. The van der Waals surface area contributed by atoms with E-state index in [4.69, 9.17) is 4.74 Å². The number of nitrogens with one attached hydrogen (secondary N) is 2. The molecule has 132 valence electrons. The minimum absolute atomic E-state index is 0. The summed E-state index contributed by atoms with van der Waals surface area (Å²) in [6.45, 7) is 5.16. The Balaban J connectivity index is 0.00000288. The van der Waals surface area contributed by atoms with Crippen molar-refractivity contribution in [2.45, 2.75) is 26.4 Å². The number of halogens is 1. The van der Waals surface area contributed by atoms with Crippen LogP contribution in [0.5, 0.6) is 5.88 Å². The quantitative estimate of drug-likeness (QED) is 0.374. The molecule has 0 saturated carbocycles. The first-order valence-corrected chi connectivity index (χ1v) is 7.95. The van der Waals surface area contributed by atoms with Gasteiger partial charge < -0.3 is 19.9 Å². The summed E-state index contributed by atoms with van der Waals surface area (Å²) in [5.74, 6) is 1.45. The Morgan fingerprint density at radius 2 is 2.04 bits per heavy atom. The Hall–Kier alpha value is -1.77. The fourth-order valence-electron chi connectivity index (χ4n) is 2.04.